The van der Waals surface area contributed by atoms with Crippen molar-refractivity contribution >= 4 is 21.6 Å². The van der Waals surface area contributed by atoms with E-state index in [9.17, 15) is 13.2 Å². The van der Waals surface area contributed by atoms with Crippen LogP contribution in [0.1, 0.15) is 35.9 Å². The zero-order chi connectivity index (χ0) is 18.9. The molecule has 0 saturated carbocycles. The van der Waals surface area contributed by atoms with Crippen molar-refractivity contribution in [2.24, 2.45) is 0 Å². The van der Waals surface area contributed by atoms with Crippen molar-refractivity contribution in [2.45, 2.75) is 32.7 Å². The maximum Gasteiger partial charge on any atom is 0.270 e. The molecule has 1 aliphatic heterocycles. The number of aryl methyl sites for hydroxylation is 1. The highest BCUT2D eigenvalue weighted by molar-refractivity contribution is 7.88. The molecule has 1 fully saturated rings. The van der Waals surface area contributed by atoms with Gasteiger partial charge in [-0.05, 0) is 38.8 Å². The second-order valence-electron chi connectivity index (χ2n) is 6.48. The van der Waals surface area contributed by atoms with Gasteiger partial charge >= 0.3 is 0 Å². The predicted molar refractivity (Wildman–Crippen MR) is 98.0 cm³/mol. The summed E-state index contributed by atoms with van der Waals surface area (Å²) in [6, 6.07) is 3.41. The van der Waals surface area contributed by atoms with E-state index in [4.69, 9.17) is 4.74 Å². The summed E-state index contributed by atoms with van der Waals surface area (Å²) in [6.07, 6.45) is 4.44. The van der Waals surface area contributed by atoms with Gasteiger partial charge in [0.2, 0.25) is 10.0 Å². The van der Waals surface area contributed by atoms with E-state index < -0.39 is 10.0 Å². The van der Waals surface area contributed by atoms with Gasteiger partial charge in [0.1, 0.15) is 5.69 Å². The fourth-order valence-electron chi connectivity index (χ4n) is 3.31. The number of rotatable bonds is 5. The predicted octanol–water partition coefficient (Wildman–Crippen LogP) is 1.20. The molecular formula is C17H24N4O4S. The fourth-order valence-corrected chi connectivity index (χ4v) is 4.22. The Bertz CT molecular complexity index is 922. The Morgan fingerprint density at radius 2 is 2.23 bits per heavy atom. The monoisotopic (exact) mass is 380 g/mol. The minimum absolute atomic E-state index is 0.217. The summed E-state index contributed by atoms with van der Waals surface area (Å²) in [7, 11) is -3.26. The maximum absolute atomic E-state index is 12.9. The van der Waals surface area contributed by atoms with Gasteiger partial charge in [0, 0.05) is 25.3 Å². The molecule has 9 heteroatoms. The van der Waals surface area contributed by atoms with Crippen LogP contribution < -0.4 is 10.1 Å². The maximum atomic E-state index is 12.9. The van der Waals surface area contributed by atoms with Gasteiger partial charge in [0.05, 0.1) is 18.6 Å². The third-order valence-corrected chi connectivity index (χ3v) is 5.76. The number of carbonyl (C=O) groups is 1. The Hall–Kier alpha value is -2.13. The van der Waals surface area contributed by atoms with Gasteiger partial charge in [-0.15, -0.1) is 0 Å². The molecule has 26 heavy (non-hydrogen) atoms. The average molecular weight is 380 g/mol. The number of nitrogens with zero attached hydrogens (tertiary/aromatic N) is 3. The smallest absolute Gasteiger partial charge is 0.270 e. The largest absolute Gasteiger partial charge is 0.490 e. The van der Waals surface area contributed by atoms with Crippen molar-refractivity contribution < 1.29 is 17.9 Å². The van der Waals surface area contributed by atoms with Crippen molar-refractivity contribution in [3.63, 3.8) is 0 Å². The van der Waals surface area contributed by atoms with E-state index in [2.05, 4.69) is 10.3 Å². The van der Waals surface area contributed by atoms with E-state index in [-0.39, 0.29) is 11.9 Å². The van der Waals surface area contributed by atoms with Crippen LogP contribution in [-0.2, 0) is 10.0 Å². The molecule has 1 saturated heterocycles. The van der Waals surface area contributed by atoms with Crippen molar-refractivity contribution in [3.8, 4) is 5.75 Å². The van der Waals surface area contributed by atoms with Crippen LogP contribution in [0.15, 0.2) is 18.3 Å². The van der Waals surface area contributed by atoms with Gasteiger partial charge < -0.3 is 10.1 Å². The lowest BCUT2D eigenvalue weighted by Gasteiger charge is -2.31. The molecule has 1 N–H and O–H groups in total. The molecule has 0 aliphatic carbocycles. The van der Waals surface area contributed by atoms with Crippen molar-refractivity contribution in [3.05, 3.63) is 29.7 Å². The van der Waals surface area contributed by atoms with Gasteiger partial charge in [-0.1, -0.05) is 0 Å². The van der Waals surface area contributed by atoms with E-state index in [0.29, 0.717) is 42.5 Å². The van der Waals surface area contributed by atoms with Crippen LogP contribution in [0.2, 0.25) is 0 Å². The van der Waals surface area contributed by atoms with Gasteiger partial charge in [0.15, 0.2) is 11.4 Å². The molecule has 0 unspecified atom stereocenters. The first-order chi connectivity index (χ1) is 12.3. The first-order valence-electron chi connectivity index (χ1n) is 8.67. The van der Waals surface area contributed by atoms with E-state index in [1.165, 1.54) is 10.6 Å². The van der Waals surface area contributed by atoms with E-state index >= 15 is 0 Å². The molecule has 1 atom stereocenters. The van der Waals surface area contributed by atoms with Crippen molar-refractivity contribution in [2.75, 3.05) is 26.0 Å². The highest BCUT2D eigenvalue weighted by Gasteiger charge is 2.28. The Morgan fingerprint density at radius 3 is 2.92 bits per heavy atom. The molecule has 0 radical (unpaired) electrons. The van der Waals surface area contributed by atoms with Crippen LogP contribution in [0.5, 0.6) is 5.75 Å². The van der Waals surface area contributed by atoms with E-state index in [0.717, 1.165) is 12.8 Å². The van der Waals surface area contributed by atoms with Crippen molar-refractivity contribution in [1.82, 2.24) is 19.0 Å². The fraction of sp³-hybridized carbons (Fsp3) is 0.529. The Balaban J connectivity index is 1.84. The number of hydrogen-bond acceptors (Lipinski definition) is 5. The highest BCUT2D eigenvalue weighted by Crippen LogP contribution is 2.22. The molecule has 142 valence electrons. The zero-order valence-electron chi connectivity index (χ0n) is 15.2. The van der Waals surface area contributed by atoms with Crippen LogP contribution in [0.3, 0.4) is 0 Å². The van der Waals surface area contributed by atoms with Gasteiger partial charge in [-0.3, -0.25) is 9.20 Å². The third-order valence-electron chi connectivity index (χ3n) is 4.49. The van der Waals surface area contributed by atoms with Gasteiger partial charge in [0.25, 0.3) is 5.91 Å². The average Bonchev–Trinajstić information content (AvgIpc) is 2.91. The molecule has 3 heterocycles. The lowest BCUT2D eigenvalue weighted by Crippen LogP contribution is -2.49. The Labute approximate surface area is 153 Å². The number of ether oxygens (including phenoxy) is 1. The summed E-state index contributed by atoms with van der Waals surface area (Å²) in [6.45, 7) is 4.98. The molecule has 3 rings (SSSR count). The Kier molecular flexibility index (Phi) is 5.19. The number of aromatic nitrogens is 2. The summed E-state index contributed by atoms with van der Waals surface area (Å²) >= 11 is 0. The van der Waals surface area contributed by atoms with E-state index in [1.54, 1.807) is 17.5 Å². The molecule has 8 nitrogen and oxygen atoms in total. The lowest BCUT2D eigenvalue weighted by molar-refractivity contribution is 0.0915. The van der Waals surface area contributed by atoms with Crippen LogP contribution in [0, 0.1) is 6.92 Å². The quantitative estimate of drug-likeness (QED) is 0.841. The molecule has 1 aliphatic rings. The third kappa shape index (κ3) is 3.68. The summed E-state index contributed by atoms with van der Waals surface area (Å²) in [5.74, 6) is 0.363. The molecule has 2 aromatic heterocycles. The normalized spacial score (nSPS) is 18.8. The second-order valence-corrected chi connectivity index (χ2v) is 8.46. The SMILES string of the molecule is CCOc1cccn2c(C(=O)N[C@H]3CCCN(S(C)(=O)=O)C3)c(C)nc12. The van der Waals surface area contributed by atoms with Crippen LogP contribution >= 0.6 is 0 Å². The number of nitrogens with one attached hydrogen (secondary N) is 1. The molecule has 0 spiro atoms. The van der Waals surface area contributed by atoms with Gasteiger partial charge in [-0.2, -0.15) is 0 Å². The number of amides is 1. The van der Waals surface area contributed by atoms with Gasteiger partial charge in [-0.25, -0.2) is 17.7 Å². The Morgan fingerprint density at radius 1 is 1.46 bits per heavy atom. The highest BCUT2D eigenvalue weighted by atomic mass is 32.2. The molecular weight excluding hydrogens is 356 g/mol. The number of fused-ring (bicyclic) bond motifs is 1. The molecule has 0 bridgehead atoms. The topological polar surface area (TPSA) is 93.0 Å². The number of pyridine rings is 1. The number of hydrogen-bond donors (Lipinski definition) is 1. The first-order valence-corrected chi connectivity index (χ1v) is 10.5. The number of imidazole rings is 1. The first kappa shape index (κ1) is 18.7. The summed E-state index contributed by atoms with van der Waals surface area (Å²) in [5.41, 5.74) is 1.64. The number of sulfonamides is 1. The standard InChI is InChI=1S/C17H24N4O4S/c1-4-25-14-8-6-10-21-15(12(2)18-16(14)21)17(22)19-13-7-5-9-20(11-13)26(3,23)24/h6,8,10,13H,4-5,7,9,11H2,1-3H3,(H,19,22)/t13-/m0/s1. The lowest BCUT2D eigenvalue weighted by atomic mass is 10.1. The summed E-state index contributed by atoms with van der Waals surface area (Å²) < 4.78 is 32.2. The number of carbonyl (C=O) groups excluding carboxylic acids is 1. The summed E-state index contributed by atoms with van der Waals surface area (Å²) in [5, 5.41) is 2.96. The minimum Gasteiger partial charge on any atom is -0.490 e. The molecule has 0 aromatic carbocycles. The van der Waals surface area contributed by atoms with Crippen LogP contribution in [0.4, 0.5) is 0 Å². The summed E-state index contributed by atoms with van der Waals surface area (Å²) in [4.78, 5) is 17.3. The van der Waals surface area contributed by atoms with E-state index in [1.807, 2.05) is 19.1 Å². The van der Waals surface area contributed by atoms with Crippen molar-refractivity contribution in [1.29, 1.82) is 0 Å². The number of piperidine rings is 1. The van der Waals surface area contributed by atoms with Crippen LogP contribution in [-0.4, -0.2) is 60.0 Å². The van der Waals surface area contributed by atoms with Crippen LogP contribution in [0.25, 0.3) is 5.65 Å². The molecule has 2 aromatic rings. The zero-order valence-corrected chi connectivity index (χ0v) is 16.0. The second kappa shape index (κ2) is 7.24. The minimum atomic E-state index is -3.26. The molecule has 1 amide bonds.